The third-order valence-electron chi connectivity index (χ3n) is 3.91. The number of rotatable bonds is 5. The molecule has 0 aromatic carbocycles. The number of nitrogens with two attached hydrogens (primary N) is 1. The molecule has 5 nitrogen and oxygen atoms in total. The number of aliphatic imine (C=N–C) groups is 1. The first-order chi connectivity index (χ1) is 8.79. The molecule has 0 bridgehead atoms. The summed E-state index contributed by atoms with van der Waals surface area (Å²) in [5.74, 6) is 0.563. The van der Waals surface area contributed by atoms with Crippen molar-refractivity contribution in [3.05, 3.63) is 0 Å². The lowest BCUT2D eigenvalue weighted by molar-refractivity contribution is 0.114. The Bertz CT molecular complexity index is 276. The minimum atomic E-state index is 0.317. The summed E-state index contributed by atoms with van der Waals surface area (Å²) in [5.41, 5.74) is 5.88. The summed E-state index contributed by atoms with van der Waals surface area (Å²) in [6, 6.07) is 0.582. The quantitative estimate of drug-likeness (QED) is 0.556. The van der Waals surface area contributed by atoms with E-state index < -0.39 is 0 Å². The number of hydrogen-bond donors (Lipinski definition) is 2. The third kappa shape index (κ3) is 3.85. The Morgan fingerprint density at radius 1 is 1.44 bits per heavy atom. The second-order valence-electron chi connectivity index (χ2n) is 5.17. The zero-order chi connectivity index (χ0) is 12.8. The van der Waals surface area contributed by atoms with Crippen LogP contribution in [0, 0.1) is 0 Å². The molecule has 0 amide bonds. The summed E-state index contributed by atoms with van der Waals surface area (Å²) >= 11 is 0. The first kappa shape index (κ1) is 13.6. The smallest absolute Gasteiger partial charge is 0.188 e. The van der Waals surface area contributed by atoms with Gasteiger partial charge in [0.05, 0.1) is 12.6 Å². The molecule has 3 N–H and O–H groups in total. The van der Waals surface area contributed by atoms with Crippen molar-refractivity contribution in [1.29, 1.82) is 0 Å². The van der Waals surface area contributed by atoms with Gasteiger partial charge in [0, 0.05) is 19.2 Å². The molecule has 0 aromatic heterocycles. The first-order valence-electron chi connectivity index (χ1n) is 7.19. The van der Waals surface area contributed by atoms with Gasteiger partial charge in [0.1, 0.15) is 0 Å². The zero-order valence-corrected chi connectivity index (χ0v) is 11.4. The number of hydrogen-bond acceptors (Lipinski definition) is 3. The maximum Gasteiger partial charge on any atom is 0.188 e. The number of nitrogens with zero attached hydrogens (tertiary/aromatic N) is 2. The Morgan fingerprint density at radius 2 is 2.33 bits per heavy atom. The highest BCUT2D eigenvalue weighted by Crippen LogP contribution is 2.16. The normalized spacial score (nSPS) is 29.9. The molecule has 2 heterocycles. The Kier molecular flexibility index (Phi) is 5.26. The fourth-order valence-corrected chi connectivity index (χ4v) is 2.80. The fraction of sp³-hybridized carbons (Fsp3) is 0.923. The van der Waals surface area contributed by atoms with Crippen molar-refractivity contribution in [2.24, 2.45) is 10.7 Å². The van der Waals surface area contributed by atoms with Crippen LogP contribution in [-0.2, 0) is 4.74 Å². The number of guanidine groups is 1. The molecular formula is C13H26N4O. The first-order valence-corrected chi connectivity index (χ1v) is 7.19. The highest BCUT2D eigenvalue weighted by molar-refractivity contribution is 5.77. The van der Waals surface area contributed by atoms with Gasteiger partial charge in [0.15, 0.2) is 5.96 Å². The predicted octanol–water partition coefficient (Wildman–Crippen LogP) is 0.554. The van der Waals surface area contributed by atoms with Crippen LogP contribution in [0.2, 0.25) is 0 Å². The lowest BCUT2D eigenvalue weighted by atomic mass is 10.2. The van der Waals surface area contributed by atoms with E-state index in [0.717, 1.165) is 39.1 Å². The average Bonchev–Trinajstić information content (AvgIpc) is 3.04. The van der Waals surface area contributed by atoms with Crippen LogP contribution in [0.1, 0.15) is 32.6 Å². The Morgan fingerprint density at radius 3 is 3.06 bits per heavy atom. The molecule has 2 fully saturated rings. The van der Waals surface area contributed by atoms with Gasteiger partial charge in [-0.15, -0.1) is 0 Å². The van der Waals surface area contributed by atoms with Gasteiger partial charge in [-0.05, 0) is 38.8 Å². The summed E-state index contributed by atoms with van der Waals surface area (Å²) in [4.78, 5) is 6.93. The Labute approximate surface area is 110 Å². The molecule has 104 valence electrons. The van der Waals surface area contributed by atoms with Crippen molar-refractivity contribution < 1.29 is 4.74 Å². The lowest BCUT2D eigenvalue weighted by Gasteiger charge is -2.21. The summed E-state index contributed by atoms with van der Waals surface area (Å²) in [6.07, 6.45) is 5.15. The molecule has 0 aliphatic carbocycles. The lowest BCUT2D eigenvalue weighted by Crippen LogP contribution is -2.39. The van der Waals surface area contributed by atoms with Gasteiger partial charge in [0.2, 0.25) is 0 Å². The molecule has 0 unspecified atom stereocenters. The second-order valence-corrected chi connectivity index (χ2v) is 5.17. The van der Waals surface area contributed by atoms with Crippen LogP contribution in [0.3, 0.4) is 0 Å². The molecule has 2 saturated heterocycles. The van der Waals surface area contributed by atoms with E-state index in [1.54, 1.807) is 0 Å². The van der Waals surface area contributed by atoms with Gasteiger partial charge in [-0.25, -0.2) is 0 Å². The Hall–Kier alpha value is -0.810. The van der Waals surface area contributed by atoms with Crippen molar-refractivity contribution in [1.82, 2.24) is 10.2 Å². The van der Waals surface area contributed by atoms with E-state index in [1.807, 2.05) is 0 Å². The molecule has 0 radical (unpaired) electrons. The SMILES string of the molecule is CCN1CCC[C@@H]1CN=C(N)NC[C@@H]1CCCO1. The number of nitrogens with one attached hydrogen (secondary N) is 1. The van der Waals surface area contributed by atoms with E-state index in [-0.39, 0.29) is 0 Å². The predicted molar refractivity (Wildman–Crippen MR) is 73.7 cm³/mol. The van der Waals surface area contributed by atoms with Crippen LogP contribution in [-0.4, -0.2) is 55.8 Å². The molecule has 2 aliphatic rings. The molecular weight excluding hydrogens is 228 g/mol. The van der Waals surface area contributed by atoms with Crippen molar-refractivity contribution >= 4 is 5.96 Å². The van der Waals surface area contributed by atoms with Crippen molar-refractivity contribution in [2.45, 2.75) is 44.8 Å². The minimum Gasteiger partial charge on any atom is -0.376 e. The van der Waals surface area contributed by atoms with Gasteiger partial charge < -0.3 is 15.8 Å². The van der Waals surface area contributed by atoms with Gasteiger partial charge in [-0.1, -0.05) is 6.92 Å². The van der Waals surface area contributed by atoms with Gasteiger partial charge >= 0.3 is 0 Å². The zero-order valence-electron chi connectivity index (χ0n) is 11.4. The van der Waals surface area contributed by atoms with Crippen LogP contribution in [0.15, 0.2) is 4.99 Å². The van der Waals surface area contributed by atoms with Gasteiger partial charge in [-0.3, -0.25) is 9.89 Å². The van der Waals surface area contributed by atoms with E-state index in [1.165, 1.54) is 19.4 Å². The largest absolute Gasteiger partial charge is 0.376 e. The molecule has 2 atom stereocenters. The average molecular weight is 254 g/mol. The van der Waals surface area contributed by atoms with Crippen molar-refractivity contribution in [3.8, 4) is 0 Å². The van der Waals surface area contributed by atoms with E-state index >= 15 is 0 Å². The van der Waals surface area contributed by atoms with Crippen LogP contribution in [0.25, 0.3) is 0 Å². The second kappa shape index (κ2) is 6.95. The van der Waals surface area contributed by atoms with E-state index in [0.29, 0.717) is 18.1 Å². The molecule has 0 spiro atoms. The van der Waals surface area contributed by atoms with E-state index in [9.17, 15) is 0 Å². The number of ether oxygens (including phenoxy) is 1. The summed E-state index contributed by atoms with van der Waals surface area (Å²) in [6.45, 7) is 7.02. The van der Waals surface area contributed by atoms with Crippen LogP contribution < -0.4 is 11.1 Å². The number of likely N-dealkylation sites (tertiary alicyclic amines) is 1. The molecule has 0 aromatic rings. The summed E-state index contributed by atoms with van der Waals surface area (Å²) < 4.78 is 5.53. The van der Waals surface area contributed by atoms with E-state index in [4.69, 9.17) is 10.5 Å². The van der Waals surface area contributed by atoms with Crippen LogP contribution >= 0.6 is 0 Å². The number of likely N-dealkylation sites (N-methyl/N-ethyl adjacent to an activating group) is 1. The third-order valence-corrected chi connectivity index (χ3v) is 3.91. The van der Waals surface area contributed by atoms with Crippen LogP contribution in [0.5, 0.6) is 0 Å². The van der Waals surface area contributed by atoms with Crippen molar-refractivity contribution in [3.63, 3.8) is 0 Å². The molecule has 18 heavy (non-hydrogen) atoms. The topological polar surface area (TPSA) is 62.9 Å². The van der Waals surface area contributed by atoms with E-state index in [2.05, 4.69) is 22.1 Å². The summed E-state index contributed by atoms with van der Waals surface area (Å²) in [5, 5.41) is 3.17. The Balaban J connectivity index is 1.67. The van der Waals surface area contributed by atoms with Gasteiger partial charge in [0.25, 0.3) is 0 Å². The molecule has 0 saturated carbocycles. The molecule has 2 rings (SSSR count). The van der Waals surface area contributed by atoms with Gasteiger partial charge in [-0.2, -0.15) is 0 Å². The van der Waals surface area contributed by atoms with Crippen LogP contribution in [0.4, 0.5) is 0 Å². The maximum atomic E-state index is 5.88. The fourth-order valence-electron chi connectivity index (χ4n) is 2.80. The monoisotopic (exact) mass is 254 g/mol. The highest BCUT2D eigenvalue weighted by Gasteiger charge is 2.22. The summed E-state index contributed by atoms with van der Waals surface area (Å²) in [7, 11) is 0. The standard InChI is InChI=1S/C13H26N4O/c1-2-17-7-3-5-11(17)9-15-13(14)16-10-12-6-4-8-18-12/h11-12H,2-10H2,1H3,(H3,14,15,16)/t11-,12+/m1/s1. The molecule has 2 aliphatic heterocycles. The molecule has 5 heteroatoms. The minimum absolute atomic E-state index is 0.317. The van der Waals surface area contributed by atoms with Crippen molar-refractivity contribution in [2.75, 3.05) is 32.8 Å². The highest BCUT2D eigenvalue weighted by atomic mass is 16.5. The maximum absolute atomic E-state index is 5.88.